The van der Waals surface area contributed by atoms with E-state index in [1.165, 1.54) is 0 Å². The Hall–Kier alpha value is -0.940. The zero-order chi connectivity index (χ0) is 10.7. The molecule has 0 amide bonds. The van der Waals surface area contributed by atoms with Gasteiger partial charge in [-0.1, -0.05) is 19.1 Å². The number of nitrogens with zero attached hydrogens (tertiary/aromatic N) is 3. The molecule has 5 heteroatoms. The SMILES string of the molecule is CC(C)c1c(CN)nnn1C(C)CO. The summed E-state index contributed by atoms with van der Waals surface area (Å²) in [6.07, 6.45) is 0. The molecule has 0 bridgehead atoms. The molecule has 1 heterocycles. The van der Waals surface area contributed by atoms with Crippen molar-refractivity contribution in [3.8, 4) is 0 Å². The van der Waals surface area contributed by atoms with Gasteiger partial charge in [-0.3, -0.25) is 0 Å². The summed E-state index contributed by atoms with van der Waals surface area (Å²) in [5, 5.41) is 17.1. The van der Waals surface area contributed by atoms with E-state index in [1.54, 1.807) is 4.68 Å². The van der Waals surface area contributed by atoms with E-state index in [1.807, 2.05) is 6.92 Å². The summed E-state index contributed by atoms with van der Waals surface area (Å²) in [5.41, 5.74) is 7.41. The third-order valence-corrected chi connectivity index (χ3v) is 2.23. The molecule has 1 rings (SSSR count). The quantitative estimate of drug-likeness (QED) is 0.734. The molecule has 80 valence electrons. The van der Waals surface area contributed by atoms with Crippen LogP contribution < -0.4 is 5.73 Å². The lowest BCUT2D eigenvalue weighted by molar-refractivity contribution is 0.224. The summed E-state index contributed by atoms with van der Waals surface area (Å²) >= 11 is 0. The van der Waals surface area contributed by atoms with Gasteiger partial charge in [-0.2, -0.15) is 0 Å². The highest BCUT2D eigenvalue weighted by Crippen LogP contribution is 2.20. The van der Waals surface area contributed by atoms with Crippen LogP contribution in [0.15, 0.2) is 0 Å². The molecule has 1 atom stereocenters. The zero-order valence-corrected chi connectivity index (χ0v) is 8.94. The van der Waals surface area contributed by atoms with Gasteiger partial charge in [0.05, 0.1) is 24.0 Å². The fraction of sp³-hybridized carbons (Fsp3) is 0.778. The van der Waals surface area contributed by atoms with Crippen LogP contribution in [-0.2, 0) is 6.54 Å². The first kappa shape index (κ1) is 11.1. The highest BCUT2D eigenvalue weighted by atomic mass is 16.3. The number of rotatable bonds is 4. The molecule has 0 saturated carbocycles. The van der Waals surface area contributed by atoms with Crippen LogP contribution in [0, 0.1) is 0 Å². The molecule has 0 fully saturated rings. The van der Waals surface area contributed by atoms with Crippen molar-refractivity contribution in [2.24, 2.45) is 5.73 Å². The lowest BCUT2D eigenvalue weighted by atomic mass is 10.1. The van der Waals surface area contributed by atoms with Gasteiger partial charge in [0.1, 0.15) is 0 Å². The van der Waals surface area contributed by atoms with E-state index in [9.17, 15) is 0 Å². The Kier molecular flexibility index (Phi) is 3.60. The lowest BCUT2D eigenvalue weighted by Crippen LogP contribution is -2.16. The van der Waals surface area contributed by atoms with Crippen molar-refractivity contribution in [3.05, 3.63) is 11.4 Å². The smallest absolute Gasteiger partial charge is 0.0997 e. The molecule has 0 aliphatic carbocycles. The minimum Gasteiger partial charge on any atom is -0.394 e. The summed E-state index contributed by atoms with van der Waals surface area (Å²) in [6, 6.07) is -0.0415. The predicted molar refractivity (Wildman–Crippen MR) is 53.8 cm³/mol. The molecular formula is C9H18N4O. The summed E-state index contributed by atoms with van der Waals surface area (Å²) in [4.78, 5) is 0. The van der Waals surface area contributed by atoms with Crippen LogP contribution >= 0.6 is 0 Å². The summed E-state index contributed by atoms with van der Waals surface area (Å²) in [6.45, 7) is 6.50. The number of aliphatic hydroxyl groups is 1. The fourth-order valence-corrected chi connectivity index (χ4v) is 1.48. The van der Waals surface area contributed by atoms with Gasteiger partial charge in [-0.15, -0.1) is 5.10 Å². The second kappa shape index (κ2) is 4.52. The van der Waals surface area contributed by atoms with Crippen molar-refractivity contribution >= 4 is 0 Å². The van der Waals surface area contributed by atoms with Gasteiger partial charge < -0.3 is 10.8 Å². The summed E-state index contributed by atoms with van der Waals surface area (Å²) in [5.74, 6) is 0.317. The monoisotopic (exact) mass is 198 g/mol. The van der Waals surface area contributed by atoms with Crippen molar-refractivity contribution in [1.82, 2.24) is 15.0 Å². The first-order chi connectivity index (χ1) is 6.61. The number of hydrogen-bond acceptors (Lipinski definition) is 4. The van der Waals surface area contributed by atoms with Crippen LogP contribution in [0.1, 0.15) is 44.1 Å². The van der Waals surface area contributed by atoms with Crippen LogP contribution in [0.4, 0.5) is 0 Å². The van der Waals surface area contributed by atoms with Gasteiger partial charge in [-0.25, -0.2) is 4.68 Å². The number of hydrogen-bond donors (Lipinski definition) is 2. The van der Waals surface area contributed by atoms with E-state index in [4.69, 9.17) is 10.8 Å². The van der Waals surface area contributed by atoms with Gasteiger partial charge in [0.15, 0.2) is 0 Å². The van der Waals surface area contributed by atoms with Crippen molar-refractivity contribution in [2.75, 3.05) is 6.61 Å². The first-order valence-corrected chi connectivity index (χ1v) is 4.86. The third-order valence-electron chi connectivity index (χ3n) is 2.23. The molecule has 0 radical (unpaired) electrons. The van der Waals surface area contributed by atoms with Crippen molar-refractivity contribution < 1.29 is 5.11 Å². The standard InChI is InChI=1S/C9H18N4O/c1-6(2)9-8(4-10)11-12-13(9)7(3)5-14/h6-7,14H,4-5,10H2,1-3H3. The maximum Gasteiger partial charge on any atom is 0.0997 e. The van der Waals surface area contributed by atoms with E-state index >= 15 is 0 Å². The van der Waals surface area contributed by atoms with E-state index in [2.05, 4.69) is 24.2 Å². The molecule has 5 nitrogen and oxygen atoms in total. The van der Waals surface area contributed by atoms with E-state index in [-0.39, 0.29) is 12.6 Å². The summed E-state index contributed by atoms with van der Waals surface area (Å²) < 4.78 is 1.76. The molecule has 1 unspecified atom stereocenters. The molecule has 1 aromatic heterocycles. The highest BCUT2D eigenvalue weighted by Gasteiger charge is 2.17. The van der Waals surface area contributed by atoms with Crippen LogP contribution in [0.25, 0.3) is 0 Å². The number of nitrogens with two attached hydrogens (primary N) is 1. The maximum absolute atomic E-state index is 9.06. The van der Waals surface area contributed by atoms with E-state index in [0.29, 0.717) is 12.5 Å². The Morgan fingerprint density at radius 3 is 2.50 bits per heavy atom. The Bertz CT molecular complexity index is 295. The molecule has 0 saturated heterocycles. The van der Waals surface area contributed by atoms with Gasteiger partial charge in [0.25, 0.3) is 0 Å². The van der Waals surface area contributed by atoms with Crippen LogP contribution in [0.3, 0.4) is 0 Å². The minimum atomic E-state index is -0.0415. The second-order valence-electron chi connectivity index (χ2n) is 3.76. The average molecular weight is 198 g/mol. The Morgan fingerprint density at radius 1 is 1.43 bits per heavy atom. The minimum absolute atomic E-state index is 0.0415. The van der Waals surface area contributed by atoms with Crippen molar-refractivity contribution in [2.45, 2.75) is 39.3 Å². The molecule has 0 aliphatic rings. The third kappa shape index (κ3) is 1.93. The van der Waals surface area contributed by atoms with E-state index < -0.39 is 0 Å². The molecule has 0 aromatic carbocycles. The molecule has 0 aliphatic heterocycles. The fourth-order valence-electron chi connectivity index (χ4n) is 1.48. The molecule has 3 N–H and O–H groups in total. The molecule has 0 spiro atoms. The molecular weight excluding hydrogens is 180 g/mol. The predicted octanol–water partition coefficient (Wildman–Crippen LogP) is 0.413. The Morgan fingerprint density at radius 2 is 2.07 bits per heavy atom. The largest absolute Gasteiger partial charge is 0.394 e. The van der Waals surface area contributed by atoms with Crippen molar-refractivity contribution in [3.63, 3.8) is 0 Å². The lowest BCUT2D eigenvalue weighted by Gasteiger charge is -2.14. The number of aliphatic hydroxyl groups excluding tert-OH is 1. The normalized spacial score (nSPS) is 13.6. The van der Waals surface area contributed by atoms with Gasteiger partial charge in [-0.05, 0) is 12.8 Å². The van der Waals surface area contributed by atoms with Gasteiger partial charge in [0, 0.05) is 6.54 Å². The maximum atomic E-state index is 9.06. The summed E-state index contributed by atoms with van der Waals surface area (Å²) in [7, 11) is 0. The highest BCUT2D eigenvalue weighted by molar-refractivity contribution is 5.14. The van der Waals surface area contributed by atoms with Gasteiger partial charge in [0.2, 0.25) is 0 Å². The topological polar surface area (TPSA) is 77.0 Å². The Labute approximate surface area is 83.9 Å². The van der Waals surface area contributed by atoms with Crippen LogP contribution in [0.2, 0.25) is 0 Å². The number of aromatic nitrogens is 3. The van der Waals surface area contributed by atoms with Crippen LogP contribution in [-0.4, -0.2) is 26.7 Å². The molecule has 14 heavy (non-hydrogen) atoms. The molecule has 1 aromatic rings. The van der Waals surface area contributed by atoms with E-state index in [0.717, 1.165) is 11.4 Å². The zero-order valence-electron chi connectivity index (χ0n) is 8.94. The first-order valence-electron chi connectivity index (χ1n) is 4.86. The second-order valence-corrected chi connectivity index (χ2v) is 3.76. The van der Waals surface area contributed by atoms with Crippen LogP contribution in [0.5, 0.6) is 0 Å². The van der Waals surface area contributed by atoms with Crippen molar-refractivity contribution in [1.29, 1.82) is 0 Å². The Balaban J connectivity index is 3.10. The average Bonchev–Trinajstić information content (AvgIpc) is 2.59. The van der Waals surface area contributed by atoms with Gasteiger partial charge >= 0.3 is 0 Å².